The van der Waals surface area contributed by atoms with Crippen molar-refractivity contribution in [1.82, 2.24) is 5.32 Å². The predicted molar refractivity (Wildman–Crippen MR) is 62.0 cm³/mol. The first kappa shape index (κ1) is 14.7. The Balaban J connectivity index is 3.68. The van der Waals surface area contributed by atoms with E-state index in [2.05, 4.69) is 10.1 Å². The zero-order valence-electron chi connectivity index (χ0n) is 9.59. The van der Waals surface area contributed by atoms with Crippen LogP contribution in [0.1, 0.15) is 20.3 Å². The Kier molecular flexibility index (Phi) is 8.80. The lowest BCUT2D eigenvalue weighted by Crippen LogP contribution is -2.40. The number of esters is 1. The van der Waals surface area contributed by atoms with E-state index in [4.69, 9.17) is 0 Å². The number of halogens is 1. The third-order valence-electron chi connectivity index (χ3n) is 1.94. The molecule has 0 saturated carbocycles. The third-order valence-corrected chi connectivity index (χ3v) is 2.64. The maximum atomic E-state index is 13.3. The van der Waals surface area contributed by atoms with Crippen LogP contribution in [-0.4, -0.2) is 43.3 Å². The van der Waals surface area contributed by atoms with E-state index in [1.807, 2.05) is 6.26 Å². The van der Waals surface area contributed by atoms with Gasteiger partial charge in [0.25, 0.3) is 0 Å². The summed E-state index contributed by atoms with van der Waals surface area (Å²) < 4.78 is 17.9. The Hall–Kier alpha value is -0.290. The zero-order valence-corrected chi connectivity index (χ0v) is 10.4. The van der Waals surface area contributed by atoms with E-state index >= 15 is 0 Å². The van der Waals surface area contributed by atoms with Crippen LogP contribution in [0.25, 0.3) is 0 Å². The molecule has 0 radical (unpaired) electrons. The lowest BCUT2D eigenvalue weighted by Gasteiger charge is -2.16. The lowest BCUT2D eigenvalue weighted by atomic mass is 10.2. The molecule has 3 nitrogen and oxygen atoms in total. The first-order valence-corrected chi connectivity index (χ1v) is 6.55. The van der Waals surface area contributed by atoms with E-state index in [0.717, 1.165) is 18.7 Å². The highest BCUT2D eigenvalue weighted by Gasteiger charge is 2.24. The summed E-state index contributed by atoms with van der Waals surface area (Å²) in [4.78, 5) is 11.0. The molecule has 0 amide bonds. The molecule has 0 saturated heterocycles. The highest BCUT2D eigenvalue weighted by Crippen LogP contribution is 2.02. The topological polar surface area (TPSA) is 38.3 Å². The van der Waals surface area contributed by atoms with E-state index in [9.17, 15) is 9.18 Å². The number of alkyl halides is 1. The molecule has 0 aromatic heterocycles. The minimum absolute atomic E-state index is 0.221. The molecule has 0 rings (SSSR count). The number of carbonyl (C=O) groups excluding carboxylic acids is 1. The Bertz CT molecular complexity index is 181. The Morgan fingerprint density at radius 3 is 2.80 bits per heavy atom. The van der Waals surface area contributed by atoms with Crippen LogP contribution in [0.5, 0.6) is 0 Å². The molecule has 5 heteroatoms. The quantitative estimate of drug-likeness (QED) is 0.514. The minimum atomic E-state index is -1.57. The average Bonchev–Trinajstić information content (AvgIpc) is 2.23. The number of hydrogen-bond acceptors (Lipinski definition) is 4. The first-order valence-electron chi connectivity index (χ1n) is 5.16. The molecule has 1 N–H and O–H groups in total. The molecule has 0 heterocycles. The fourth-order valence-corrected chi connectivity index (χ4v) is 1.51. The molecular weight excluding hydrogens is 217 g/mol. The fraction of sp³-hybridized carbons (Fsp3) is 0.900. The van der Waals surface area contributed by atoms with Crippen LogP contribution in [0.4, 0.5) is 4.39 Å². The molecule has 15 heavy (non-hydrogen) atoms. The van der Waals surface area contributed by atoms with Crippen molar-refractivity contribution in [3.8, 4) is 0 Å². The second-order valence-corrected chi connectivity index (χ2v) is 4.23. The van der Waals surface area contributed by atoms with Gasteiger partial charge in [-0.15, -0.1) is 0 Å². The van der Waals surface area contributed by atoms with Crippen molar-refractivity contribution in [2.24, 2.45) is 0 Å². The number of carbonyl (C=O) groups is 1. The van der Waals surface area contributed by atoms with Crippen LogP contribution in [0.2, 0.25) is 0 Å². The van der Waals surface area contributed by atoms with Crippen molar-refractivity contribution in [2.75, 3.05) is 25.2 Å². The molecule has 0 aliphatic heterocycles. The van der Waals surface area contributed by atoms with Crippen molar-refractivity contribution in [1.29, 1.82) is 0 Å². The standard InChI is InChI=1S/C10H20FNO2S/c1-4-14-10(13)9(11)8(2)12-6-5-7-15-3/h8-9,12H,4-7H2,1-3H3. The maximum absolute atomic E-state index is 13.3. The van der Waals surface area contributed by atoms with Crippen molar-refractivity contribution in [2.45, 2.75) is 32.5 Å². The summed E-state index contributed by atoms with van der Waals surface area (Å²) in [7, 11) is 0. The normalized spacial score (nSPS) is 14.7. The predicted octanol–water partition coefficient (Wildman–Crippen LogP) is 1.62. The van der Waals surface area contributed by atoms with E-state index < -0.39 is 18.2 Å². The fourth-order valence-electron chi connectivity index (χ4n) is 1.08. The van der Waals surface area contributed by atoms with Gasteiger partial charge in [-0.25, -0.2) is 9.18 Å². The second kappa shape index (κ2) is 8.97. The van der Waals surface area contributed by atoms with Gasteiger partial charge in [0.2, 0.25) is 6.17 Å². The zero-order chi connectivity index (χ0) is 11.7. The first-order chi connectivity index (χ1) is 7.13. The Morgan fingerprint density at radius 1 is 1.60 bits per heavy atom. The summed E-state index contributed by atoms with van der Waals surface area (Å²) in [5.74, 6) is 0.262. The summed E-state index contributed by atoms with van der Waals surface area (Å²) in [6.45, 7) is 4.27. The molecule has 0 aromatic carbocycles. The molecule has 0 fully saturated rings. The van der Waals surface area contributed by atoms with Crippen molar-refractivity contribution in [3.05, 3.63) is 0 Å². The van der Waals surface area contributed by atoms with Crippen molar-refractivity contribution in [3.63, 3.8) is 0 Å². The highest BCUT2D eigenvalue weighted by molar-refractivity contribution is 7.98. The van der Waals surface area contributed by atoms with E-state index in [1.54, 1.807) is 25.6 Å². The number of hydrogen-bond donors (Lipinski definition) is 1. The van der Waals surface area contributed by atoms with E-state index in [1.165, 1.54) is 0 Å². The monoisotopic (exact) mass is 237 g/mol. The average molecular weight is 237 g/mol. The SMILES string of the molecule is CCOC(=O)C(F)C(C)NCCCSC. The van der Waals surface area contributed by atoms with Gasteiger partial charge >= 0.3 is 5.97 Å². The van der Waals surface area contributed by atoms with Gasteiger partial charge < -0.3 is 10.1 Å². The molecule has 0 spiro atoms. The van der Waals surface area contributed by atoms with E-state index in [0.29, 0.717) is 0 Å². The molecule has 90 valence electrons. The Morgan fingerprint density at radius 2 is 2.27 bits per heavy atom. The van der Waals surface area contributed by atoms with E-state index in [-0.39, 0.29) is 6.61 Å². The van der Waals surface area contributed by atoms with Gasteiger partial charge in [0, 0.05) is 6.04 Å². The number of ether oxygens (including phenoxy) is 1. The van der Waals surface area contributed by atoms with Crippen LogP contribution in [0.15, 0.2) is 0 Å². The van der Waals surface area contributed by atoms with Crippen molar-refractivity contribution >= 4 is 17.7 Å². The third kappa shape index (κ3) is 6.73. The minimum Gasteiger partial charge on any atom is -0.464 e. The highest BCUT2D eigenvalue weighted by atomic mass is 32.2. The van der Waals surface area contributed by atoms with Crippen LogP contribution < -0.4 is 5.32 Å². The van der Waals surface area contributed by atoms with Crippen molar-refractivity contribution < 1.29 is 13.9 Å². The lowest BCUT2D eigenvalue weighted by molar-refractivity contribution is -0.150. The summed E-state index contributed by atoms with van der Waals surface area (Å²) in [5, 5.41) is 2.97. The Labute approximate surface area is 95.1 Å². The number of nitrogens with one attached hydrogen (secondary N) is 1. The summed E-state index contributed by atoms with van der Waals surface area (Å²) in [6.07, 6.45) is 1.43. The summed E-state index contributed by atoms with van der Waals surface area (Å²) in [5.41, 5.74) is 0. The van der Waals surface area contributed by atoms with Gasteiger partial charge in [0.1, 0.15) is 0 Å². The number of thioether (sulfide) groups is 1. The van der Waals surface area contributed by atoms with Crippen LogP contribution in [0.3, 0.4) is 0 Å². The smallest absolute Gasteiger partial charge is 0.342 e. The molecule has 0 aliphatic carbocycles. The van der Waals surface area contributed by atoms with Crippen LogP contribution in [0, 0.1) is 0 Å². The second-order valence-electron chi connectivity index (χ2n) is 3.24. The van der Waals surface area contributed by atoms with Gasteiger partial charge in [-0.3, -0.25) is 0 Å². The number of rotatable bonds is 8. The van der Waals surface area contributed by atoms with Gasteiger partial charge in [-0.1, -0.05) is 0 Å². The molecule has 2 atom stereocenters. The largest absolute Gasteiger partial charge is 0.464 e. The van der Waals surface area contributed by atoms with Crippen LogP contribution >= 0.6 is 11.8 Å². The molecular formula is C10H20FNO2S. The molecule has 0 aliphatic rings. The molecule has 2 unspecified atom stereocenters. The summed E-state index contributed by atoms with van der Waals surface area (Å²) >= 11 is 1.75. The maximum Gasteiger partial charge on any atom is 0.342 e. The summed E-state index contributed by atoms with van der Waals surface area (Å²) in [6, 6.07) is -0.481. The van der Waals surface area contributed by atoms with Gasteiger partial charge in [-0.2, -0.15) is 11.8 Å². The van der Waals surface area contributed by atoms with Gasteiger partial charge in [-0.05, 0) is 38.8 Å². The van der Waals surface area contributed by atoms with Crippen LogP contribution in [-0.2, 0) is 9.53 Å². The molecule has 0 bridgehead atoms. The van der Waals surface area contributed by atoms with Gasteiger partial charge in [0.15, 0.2) is 0 Å². The molecule has 0 aromatic rings. The van der Waals surface area contributed by atoms with Gasteiger partial charge in [0.05, 0.1) is 6.61 Å².